The summed E-state index contributed by atoms with van der Waals surface area (Å²) in [7, 11) is -6.03. The van der Waals surface area contributed by atoms with Crippen LogP contribution in [0.1, 0.15) is 47.0 Å². The highest BCUT2D eigenvalue weighted by molar-refractivity contribution is 7.53. The average Bonchev–Trinajstić information content (AvgIpc) is 2.41. The number of rotatable bonds is 14. The summed E-state index contributed by atoms with van der Waals surface area (Å²) in [5.74, 6) is 0.907. The van der Waals surface area contributed by atoms with E-state index in [-0.39, 0.29) is 13.2 Å². The molecule has 2 unspecified atom stereocenters. The Morgan fingerprint density at radius 2 is 1.13 bits per heavy atom. The van der Waals surface area contributed by atoms with Crippen molar-refractivity contribution in [3.05, 3.63) is 0 Å². The molecule has 0 aromatic heterocycles. The summed E-state index contributed by atoms with van der Waals surface area (Å²) in [6.07, 6.45) is 2.39. The molecule has 0 aromatic rings. The Kier molecular flexibility index (Phi) is 11.9. The van der Waals surface area contributed by atoms with Crippen LogP contribution >= 0.6 is 15.2 Å². The van der Waals surface area contributed by atoms with Crippen LogP contribution in [0.5, 0.6) is 0 Å². The average molecular weight is 372 g/mol. The fraction of sp³-hybridized carbons (Fsp3) is 1.00. The lowest BCUT2D eigenvalue weighted by Gasteiger charge is -2.17. The SMILES string of the molecule is CC(C)CCCOP(C)(=O)OCCCOP(C)(=O)OCC(C)C. The van der Waals surface area contributed by atoms with Crippen molar-refractivity contribution < 1.29 is 27.2 Å². The maximum absolute atomic E-state index is 12.0. The van der Waals surface area contributed by atoms with Crippen LogP contribution in [-0.4, -0.2) is 39.8 Å². The minimum atomic E-state index is -3.01. The van der Waals surface area contributed by atoms with Crippen LogP contribution in [0.3, 0.4) is 0 Å². The lowest BCUT2D eigenvalue weighted by Crippen LogP contribution is -2.05. The molecule has 0 aliphatic carbocycles. The van der Waals surface area contributed by atoms with Gasteiger partial charge in [0.1, 0.15) is 0 Å². The molecule has 8 heteroatoms. The van der Waals surface area contributed by atoms with Crippen molar-refractivity contribution in [2.45, 2.75) is 47.0 Å². The molecule has 0 saturated carbocycles. The van der Waals surface area contributed by atoms with Crippen molar-refractivity contribution >= 4 is 15.2 Å². The topological polar surface area (TPSA) is 71.1 Å². The maximum atomic E-state index is 12.0. The second-order valence-corrected chi connectivity index (χ2v) is 10.7. The lowest BCUT2D eigenvalue weighted by atomic mass is 10.1. The molecule has 0 amide bonds. The van der Waals surface area contributed by atoms with Crippen molar-refractivity contribution in [2.75, 3.05) is 39.8 Å². The second-order valence-electron chi connectivity index (χ2n) is 6.62. The van der Waals surface area contributed by atoms with E-state index >= 15 is 0 Å². The smallest absolute Gasteiger partial charge is 0.309 e. The van der Waals surface area contributed by atoms with Crippen molar-refractivity contribution in [1.29, 1.82) is 0 Å². The van der Waals surface area contributed by atoms with Crippen LogP contribution in [0, 0.1) is 11.8 Å². The second kappa shape index (κ2) is 11.8. The molecule has 0 heterocycles. The van der Waals surface area contributed by atoms with Crippen molar-refractivity contribution in [2.24, 2.45) is 11.8 Å². The van der Waals surface area contributed by atoms with Gasteiger partial charge in [-0.1, -0.05) is 27.7 Å². The fourth-order valence-electron chi connectivity index (χ4n) is 1.60. The van der Waals surface area contributed by atoms with Crippen LogP contribution in [0.2, 0.25) is 0 Å². The van der Waals surface area contributed by atoms with Crippen molar-refractivity contribution in [3.8, 4) is 0 Å². The van der Waals surface area contributed by atoms with Crippen LogP contribution in [0.4, 0.5) is 0 Å². The highest BCUT2D eigenvalue weighted by Crippen LogP contribution is 2.45. The predicted molar refractivity (Wildman–Crippen MR) is 94.4 cm³/mol. The molecular weight excluding hydrogens is 338 g/mol. The van der Waals surface area contributed by atoms with Crippen molar-refractivity contribution in [3.63, 3.8) is 0 Å². The van der Waals surface area contributed by atoms with E-state index in [2.05, 4.69) is 13.8 Å². The first kappa shape index (κ1) is 23.3. The Morgan fingerprint density at radius 3 is 1.57 bits per heavy atom. The third-order valence-corrected chi connectivity index (χ3v) is 5.41. The van der Waals surface area contributed by atoms with Gasteiger partial charge in [0, 0.05) is 13.3 Å². The van der Waals surface area contributed by atoms with E-state index in [1.807, 2.05) is 13.8 Å². The highest BCUT2D eigenvalue weighted by atomic mass is 31.2. The fourth-order valence-corrected chi connectivity index (χ4v) is 3.70. The monoisotopic (exact) mass is 372 g/mol. The molecular formula is C15H34O6P2. The van der Waals surface area contributed by atoms with E-state index in [0.717, 1.165) is 12.8 Å². The molecule has 23 heavy (non-hydrogen) atoms. The van der Waals surface area contributed by atoms with Gasteiger partial charge in [-0.25, -0.2) is 0 Å². The molecule has 2 atom stereocenters. The summed E-state index contributed by atoms with van der Waals surface area (Å²) in [4.78, 5) is 0. The molecule has 0 aliphatic heterocycles. The molecule has 0 aliphatic rings. The summed E-state index contributed by atoms with van der Waals surface area (Å²) >= 11 is 0. The van der Waals surface area contributed by atoms with E-state index < -0.39 is 15.2 Å². The predicted octanol–water partition coefficient (Wildman–Crippen LogP) is 5.18. The number of hydrogen-bond donors (Lipinski definition) is 0. The van der Waals surface area contributed by atoms with E-state index in [1.54, 1.807) is 0 Å². The molecule has 0 rings (SSSR count). The van der Waals surface area contributed by atoms with Crippen LogP contribution in [0.25, 0.3) is 0 Å². The zero-order valence-corrected chi connectivity index (χ0v) is 17.2. The Bertz CT molecular complexity index is 397. The van der Waals surface area contributed by atoms with Crippen LogP contribution < -0.4 is 0 Å². The summed E-state index contributed by atoms with van der Waals surface area (Å²) < 4.78 is 45.0. The molecule has 0 N–H and O–H groups in total. The zero-order valence-electron chi connectivity index (χ0n) is 15.4. The molecule has 6 nitrogen and oxygen atoms in total. The molecule has 0 bridgehead atoms. The van der Waals surface area contributed by atoms with Gasteiger partial charge in [0.2, 0.25) is 0 Å². The van der Waals surface area contributed by atoms with Gasteiger partial charge in [0.05, 0.1) is 26.4 Å². The molecule has 0 fully saturated rings. The van der Waals surface area contributed by atoms with Gasteiger partial charge in [0.25, 0.3) is 0 Å². The summed E-state index contributed by atoms with van der Waals surface area (Å²) in [5, 5.41) is 0. The maximum Gasteiger partial charge on any atom is 0.327 e. The minimum absolute atomic E-state index is 0.235. The Labute approximate surface area is 141 Å². The molecule has 0 spiro atoms. The first-order chi connectivity index (χ1) is 10.5. The van der Waals surface area contributed by atoms with Crippen molar-refractivity contribution in [1.82, 2.24) is 0 Å². The first-order valence-corrected chi connectivity index (χ1v) is 12.3. The van der Waals surface area contributed by atoms with Gasteiger partial charge in [-0.15, -0.1) is 0 Å². The molecule has 0 aromatic carbocycles. The summed E-state index contributed by atoms with van der Waals surface area (Å²) in [6.45, 7) is 12.5. The number of hydrogen-bond acceptors (Lipinski definition) is 6. The zero-order chi connectivity index (χ0) is 17.9. The Hall–Kier alpha value is 0.300. The van der Waals surface area contributed by atoms with Gasteiger partial charge in [-0.3, -0.25) is 9.13 Å². The van der Waals surface area contributed by atoms with Crippen LogP contribution in [0.15, 0.2) is 0 Å². The van der Waals surface area contributed by atoms with E-state index in [4.69, 9.17) is 18.1 Å². The third kappa shape index (κ3) is 15.6. The van der Waals surface area contributed by atoms with Gasteiger partial charge in [-0.05, 0) is 31.1 Å². The normalized spacial score (nSPS) is 17.4. The Morgan fingerprint density at radius 1 is 0.696 bits per heavy atom. The van der Waals surface area contributed by atoms with Gasteiger partial charge in [-0.2, -0.15) is 0 Å². The summed E-state index contributed by atoms with van der Waals surface area (Å²) in [6, 6.07) is 0. The largest absolute Gasteiger partial charge is 0.327 e. The summed E-state index contributed by atoms with van der Waals surface area (Å²) in [5.41, 5.74) is 0. The van der Waals surface area contributed by atoms with Crippen LogP contribution in [-0.2, 0) is 27.2 Å². The van der Waals surface area contributed by atoms with E-state index in [9.17, 15) is 9.13 Å². The quantitative estimate of drug-likeness (QED) is 0.309. The third-order valence-electron chi connectivity index (χ3n) is 2.83. The molecule has 0 radical (unpaired) electrons. The van der Waals surface area contributed by atoms with E-state index in [1.165, 1.54) is 13.3 Å². The molecule has 0 saturated heterocycles. The highest BCUT2D eigenvalue weighted by Gasteiger charge is 2.19. The van der Waals surface area contributed by atoms with Gasteiger partial charge < -0.3 is 18.1 Å². The lowest BCUT2D eigenvalue weighted by molar-refractivity contribution is 0.167. The minimum Gasteiger partial charge on any atom is -0.309 e. The Balaban J connectivity index is 3.76. The first-order valence-electron chi connectivity index (χ1n) is 8.27. The van der Waals surface area contributed by atoms with E-state index in [0.29, 0.717) is 31.5 Å². The van der Waals surface area contributed by atoms with Gasteiger partial charge >= 0.3 is 15.2 Å². The standard InChI is InChI=1S/C15H34O6P2/c1-14(2)9-7-10-18-22(5,16)19-11-8-12-20-23(6,17)21-13-15(3)4/h14-15H,7-13H2,1-6H3. The molecule has 140 valence electrons. The van der Waals surface area contributed by atoms with Gasteiger partial charge in [0.15, 0.2) is 0 Å².